The van der Waals surface area contributed by atoms with Gasteiger partial charge in [-0.25, -0.2) is 4.98 Å². The van der Waals surface area contributed by atoms with Crippen LogP contribution in [0.1, 0.15) is 5.56 Å². The standard InChI is InChI=1S/C19H18N8/c1-26-10-8-18(24-26)21-17-7-6-16-19(22-17)27(25-23-16)12-13-4-5-15-14(11-13)3-2-9-20-15/h2-11,23,25H,12H2,1H3,(H,21,22,24). The van der Waals surface area contributed by atoms with E-state index in [9.17, 15) is 0 Å². The summed E-state index contributed by atoms with van der Waals surface area (Å²) >= 11 is 0. The monoisotopic (exact) mass is 358 g/mol. The summed E-state index contributed by atoms with van der Waals surface area (Å²) in [5.41, 5.74) is 9.43. The Labute approximate surface area is 155 Å². The van der Waals surface area contributed by atoms with Gasteiger partial charge in [-0.2, -0.15) is 5.10 Å². The van der Waals surface area contributed by atoms with Gasteiger partial charge in [0.15, 0.2) is 11.6 Å². The van der Waals surface area contributed by atoms with Crippen molar-refractivity contribution in [1.29, 1.82) is 0 Å². The Balaban J connectivity index is 1.40. The number of aromatic nitrogens is 4. The van der Waals surface area contributed by atoms with E-state index in [4.69, 9.17) is 4.98 Å². The number of nitrogens with one attached hydrogen (secondary N) is 3. The van der Waals surface area contributed by atoms with Gasteiger partial charge in [-0.1, -0.05) is 12.1 Å². The third-order valence-electron chi connectivity index (χ3n) is 4.43. The Kier molecular flexibility index (Phi) is 3.61. The molecule has 134 valence electrons. The van der Waals surface area contributed by atoms with Gasteiger partial charge in [-0.3, -0.25) is 14.7 Å². The van der Waals surface area contributed by atoms with Crippen LogP contribution in [0.3, 0.4) is 0 Å². The number of hydrazine groups is 2. The smallest absolute Gasteiger partial charge is 0.171 e. The molecule has 8 heteroatoms. The van der Waals surface area contributed by atoms with E-state index in [1.54, 1.807) is 4.68 Å². The molecule has 0 radical (unpaired) electrons. The van der Waals surface area contributed by atoms with Crippen molar-refractivity contribution in [3.8, 4) is 0 Å². The summed E-state index contributed by atoms with van der Waals surface area (Å²) in [6.45, 7) is 0.672. The Bertz CT molecular complexity index is 1120. The first-order valence-electron chi connectivity index (χ1n) is 8.65. The fourth-order valence-electron chi connectivity index (χ4n) is 3.14. The van der Waals surface area contributed by atoms with E-state index < -0.39 is 0 Å². The molecule has 1 aliphatic heterocycles. The molecule has 8 nitrogen and oxygen atoms in total. The van der Waals surface area contributed by atoms with Crippen molar-refractivity contribution in [2.24, 2.45) is 7.05 Å². The van der Waals surface area contributed by atoms with Gasteiger partial charge < -0.3 is 10.7 Å². The first-order valence-corrected chi connectivity index (χ1v) is 8.65. The maximum Gasteiger partial charge on any atom is 0.171 e. The minimum absolute atomic E-state index is 0.672. The largest absolute Gasteiger partial charge is 0.323 e. The predicted octanol–water partition coefficient (Wildman–Crippen LogP) is 2.96. The highest BCUT2D eigenvalue weighted by Crippen LogP contribution is 2.30. The Morgan fingerprint density at radius 1 is 1.07 bits per heavy atom. The molecule has 0 aliphatic carbocycles. The van der Waals surface area contributed by atoms with Gasteiger partial charge in [0.1, 0.15) is 5.82 Å². The van der Waals surface area contributed by atoms with Crippen molar-refractivity contribution in [1.82, 2.24) is 25.3 Å². The van der Waals surface area contributed by atoms with Crippen molar-refractivity contribution in [2.75, 3.05) is 15.8 Å². The average Bonchev–Trinajstić information content (AvgIpc) is 3.28. The summed E-state index contributed by atoms with van der Waals surface area (Å²) in [5, 5.41) is 10.7. The lowest BCUT2D eigenvalue weighted by Gasteiger charge is -2.17. The van der Waals surface area contributed by atoms with Crippen LogP contribution in [0.4, 0.5) is 23.1 Å². The van der Waals surface area contributed by atoms with Gasteiger partial charge >= 0.3 is 0 Å². The average molecular weight is 358 g/mol. The van der Waals surface area contributed by atoms with Crippen molar-refractivity contribution in [3.05, 3.63) is 66.5 Å². The van der Waals surface area contributed by atoms with E-state index in [0.717, 1.165) is 34.0 Å². The zero-order chi connectivity index (χ0) is 18.2. The molecule has 0 fully saturated rings. The molecule has 1 aromatic carbocycles. The molecular weight excluding hydrogens is 340 g/mol. The normalized spacial score (nSPS) is 12.9. The van der Waals surface area contributed by atoms with E-state index in [2.05, 4.69) is 44.6 Å². The first-order chi connectivity index (χ1) is 13.2. The van der Waals surface area contributed by atoms with Crippen LogP contribution in [0.2, 0.25) is 0 Å². The molecule has 0 bridgehead atoms. The lowest BCUT2D eigenvalue weighted by molar-refractivity contribution is 0.718. The molecule has 3 aromatic heterocycles. The molecule has 0 amide bonds. The minimum atomic E-state index is 0.672. The van der Waals surface area contributed by atoms with Gasteiger partial charge in [0, 0.05) is 30.9 Å². The number of rotatable bonds is 4. The third kappa shape index (κ3) is 3.02. The number of hydrogen-bond acceptors (Lipinski definition) is 7. The Hall–Kier alpha value is -3.65. The number of anilines is 4. The van der Waals surface area contributed by atoms with Crippen molar-refractivity contribution in [3.63, 3.8) is 0 Å². The highest BCUT2D eigenvalue weighted by atomic mass is 15.7. The van der Waals surface area contributed by atoms with Crippen molar-refractivity contribution >= 4 is 34.0 Å². The second kappa shape index (κ2) is 6.26. The molecule has 0 spiro atoms. The molecule has 4 heterocycles. The maximum atomic E-state index is 4.73. The second-order valence-electron chi connectivity index (χ2n) is 6.42. The van der Waals surface area contributed by atoms with Crippen LogP contribution in [0, 0.1) is 0 Å². The number of benzene rings is 1. The molecular formula is C19H18N8. The topological polar surface area (TPSA) is 82.9 Å². The van der Waals surface area contributed by atoms with Gasteiger partial charge in [0.25, 0.3) is 0 Å². The van der Waals surface area contributed by atoms with E-state index in [-0.39, 0.29) is 0 Å². The molecule has 1 aliphatic rings. The van der Waals surface area contributed by atoms with Crippen LogP contribution in [-0.4, -0.2) is 19.7 Å². The Morgan fingerprint density at radius 2 is 2.04 bits per heavy atom. The zero-order valence-corrected chi connectivity index (χ0v) is 14.7. The molecule has 3 N–H and O–H groups in total. The molecule has 5 rings (SSSR count). The van der Waals surface area contributed by atoms with Crippen LogP contribution in [0.25, 0.3) is 10.9 Å². The molecule has 27 heavy (non-hydrogen) atoms. The summed E-state index contributed by atoms with van der Waals surface area (Å²) < 4.78 is 1.75. The van der Waals surface area contributed by atoms with Crippen molar-refractivity contribution in [2.45, 2.75) is 6.54 Å². The fraction of sp³-hybridized carbons (Fsp3) is 0.105. The van der Waals surface area contributed by atoms with E-state index in [1.165, 1.54) is 5.56 Å². The van der Waals surface area contributed by atoms with Gasteiger partial charge in [0.2, 0.25) is 0 Å². The van der Waals surface area contributed by atoms with E-state index in [0.29, 0.717) is 6.54 Å². The molecule has 0 saturated heterocycles. The van der Waals surface area contributed by atoms with Crippen LogP contribution in [0.15, 0.2) is 60.9 Å². The van der Waals surface area contributed by atoms with Crippen LogP contribution < -0.4 is 21.3 Å². The number of aryl methyl sites for hydroxylation is 1. The van der Waals surface area contributed by atoms with Crippen LogP contribution in [0.5, 0.6) is 0 Å². The zero-order valence-electron chi connectivity index (χ0n) is 14.7. The fourth-order valence-corrected chi connectivity index (χ4v) is 3.14. The van der Waals surface area contributed by atoms with Gasteiger partial charge in [-0.15, -0.1) is 5.53 Å². The number of nitrogens with zero attached hydrogens (tertiary/aromatic N) is 5. The van der Waals surface area contributed by atoms with E-state index >= 15 is 0 Å². The first kappa shape index (κ1) is 15.6. The van der Waals surface area contributed by atoms with Gasteiger partial charge in [-0.05, 0) is 35.9 Å². The summed E-state index contributed by atoms with van der Waals surface area (Å²) in [5.74, 6) is 2.34. The molecule has 4 aromatic rings. The highest BCUT2D eigenvalue weighted by molar-refractivity contribution is 5.79. The maximum absolute atomic E-state index is 4.73. The lowest BCUT2D eigenvalue weighted by atomic mass is 10.1. The van der Waals surface area contributed by atoms with E-state index in [1.807, 2.05) is 54.8 Å². The Morgan fingerprint density at radius 3 is 2.93 bits per heavy atom. The minimum Gasteiger partial charge on any atom is -0.323 e. The third-order valence-corrected chi connectivity index (χ3v) is 4.43. The number of hydrogen-bond donors (Lipinski definition) is 3. The number of pyridine rings is 2. The lowest BCUT2D eigenvalue weighted by Crippen LogP contribution is -2.35. The second-order valence-corrected chi connectivity index (χ2v) is 6.42. The summed E-state index contributed by atoms with van der Waals surface area (Å²) in [7, 11) is 1.88. The molecule has 0 unspecified atom stereocenters. The predicted molar refractivity (Wildman–Crippen MR) is 105 cm³/mol. The quantitative estimate of drug-likeness (QED) is 0.517. The highest BCUT2D eigenvalue weighted by Gasteiger charge is 2.21. The van der Waals surface area contributed by atoms with Gasteiger partial charge in [0.05, 0.1) is 17.7 Å². The summed E-state index contributed by atoms with van der Waals surface area (Å²) in [6, 6.07) is 16.1. The van der Waals surface area contributed by atoms with Crippen LogP contribution in [-0.2, 0) is 13.6 Å². The molecule has 0 atom stereocenters. The molecule has 0 saturated carbocycles. The number of fused-ring (bicyclic) bond motifs is 2. The summed E-state index contributed by atoms with van der Waals surface area (Å²) in [4.78, 5) is 9.10. The van der Waals surface area contributed by atoms with Crippen molar-refractivity contribution < 1.29 is 0 Å². The SMILES string of the molecule is Cn1ccc(Nc2ccc3c(n2)N(Cc2ccc4ncccc4c2)NN3)n1. The van der Waals surface area contributed by atoms with Crippen LogP contribution >= 0.6 is 0 Å². The summed E-state index contributed by atoms with van der Waals surface area (Å²) in [6.07, 6.45) is 3.70.